The predicted octanol–water partition coefficient (Wildman–Crippen LogP) is 4.91. The number of Topliss-reactive ketones (excluding diaryl/α,β-unsaturated/α-hetero) is 1. The molecular weight excluding hydrogens is 394 g/mol. The van der Waals surface area contributed by atoms with Crippen LogP contribution >= 0.6 is 0 Å². The topological polar surface area (TPSA) is 54.5 Å². The summed E-state index contributed by atoms with van der Waals surface area (Å²) in [4.78, 5) is 15.3. The van der Waals surface area contributed by atoms with Gasteiger partial charge in [0.25, 0.3) is 0 Å². The van der Waals surface area contributed by atoms with Gasteiger partial charge in [-0.3, -0.25) is 4.79 Å². The second kappa shape index (κ2) is 9.84. The standard InChI is InChI=1S/C25H39NO3S/c1-18(2)30(28,29)17-22-5-9-23(10-6-22)25(27)14-21-7-11-24(12-8-21)26-15-19(3)13-20(4)16-26/h7-8,11-12,18-20,22-23H,5-6,9-10,13-17H2,1-4H3/t19-,20+,22?,23?. The molecule has 1 aliphatic carbocycles. The Hall–Kier alpha value is -1.36. The van der Waals surface area contributed by atoms with Crippen LogP contribution in [0.15, 0.2) is 24.3 Å². The monoisotopic (exact) mass is 433 g/mol. The zero-order valence-corrected chi connectivity index (χ0v) is 20.0. The molecule has 2 aliphatic rings. The van der Waals surface area contributed by atoms with Crippen molar-refractivity contribution in [2.45, 2.75) is 71.5 Å². The molecule has 0 N–H and O–H groups in total. The van der Waals surface area contributed by atoms with E-state index >= 15 is 0 Å². The molecule has 2 atom stereocenters. The highest BCUT2D eigenvalue weighted by Crippen LogP contribution is 2.32. The van der Waals surface area contributed by atoms with Gasteiger partial charge in [0.1, 0.15) is 5.78 Å². The van der Waals surface area contributed by atoms with Crippen LogP contribution in [-0.4, -0.2) is 38.3 Å². The Morgan fingerprint density at radius 1 is 1.00 bits per heavy atom. The quantitative estimate of drug-likeness (QED) is 0.613. The Kier molecular flexibility index (Phi) is 7.65. The van der Waals surface area contributed by atoms with Crippen LogP contribution in [0, 0.1) is 23.7 Å². The van der Waals surface area contributed by atoms with Crippen LogP contribution in [-0.2, 0) is 21.1 Å². The predicted molar refractivity (Wildman–Crippen MR) is 125 cm³/mol. The van der Waals surface area contributed by atoms with Gasteiger partial charge in [0, 0.05) is 31.1 Å². The molecule has 0 bridgehead atoms. The van der Waals surface area contributed by atoms with Crippen LogP contribution < -0.4 is 4.90 Å². The van der Waals surface area contributed by atoms with E-state index in [2.05, 4.69) is 43.0 Å². The lowest BCUT2D eigenvalue weighted by Crippen LogP contribution is -2.38. The Labute approximate surface area is 183 Å². The number of sulfone groups is 1. The molecule has 5 heteroatoms. The molecule has 1 aliphatic heterocycles. The van der Waals surface area contributed by atoms with Crippen LogP contribution in [0.1, 0.15) is 65.4 Å². The second-order valence-electron chi connectivity index (χ2n) is 10.3. The molecule has 0 amide bonds. The lowest BCUT2D eigenvalue weighted by atomic mass is 9.79. The van der Waals surface area contributed by atoms with Crippen molar-refractivity contribution in [2.24, 2.45) is 23.7 Å². The summed E-state index contributed by atoms with van der Waals surface area (Å²) in [6.45, 7) is 10.4. The van der Waals surface area contributed by atoms with E-state index < -0.39 is 9.84 Å². The van der Waals surface area contributed by atoms with Crippen molar-refractivity contribution in [2.75, 3.05) is 23.7 Å². The van der Waals surface area contributed by atoms with E-state index in [-0.39, 0.29) is 22.8 Å². The number of piperidine rings is 1. The van der Waals surface area contributed by atoms with Gasteiger partial charge in [0.2, 0.25) is 0 Å². The Balaban J connectivity index is 1.50. The average Bonchev–Trinajstić information content (AvgIpc) is 2.68. The molecule has 0 spiro atoms. The van der Waals surface area contributed by atoms with Crippen molar-refractivity contribution >= 4 is 21.3 Å². The molecule has 4 nitrogen and oxygen atoms in total. The van der Waals surface area contributed by atoms with Crippen molar-refractivity contribution < 1.29 is 13.2 Å². The first-order chi connectivity index (χ1) is 14.1. The van der Waals surface area contributed by atoms with E-state index in [1.807, 2.05) is 0 Å². The van der Waals surface area contributed by atoms with Gasteiger partial charge in [-0.15, -0.1) is 0 Å². The molecule has 168 valence electrons. The highest BCUT2D eigenvalue weighted by Gasteiger charge is 2.30. The van der Waals surface area contributed by atoms with Gasteiger partial charge in [-0.05, 0) is 81.4 Å². The number of rotatable bonds is 7. The molecule has 0 radical (unpaired) electrons. The summed E-state index contributed by atoms with van der Waals surface area (Å²) in [5.74, 6) is 2.34. The fourth-order valence-corrected chi connectivity index (χ4v) is 6.59. The van der Waals surface area contributed by atoms with Crippen molar-refractivity contribution in [1.82, 2.24) is 0 Å². The van der Waals surface area contributed by atoms with E-state index in [1.54, 1.807) is 13.8 Å². The molecule has 0 aromatic heterocycles. The number of carbonyl (C=O) groups is 1. The molecule has 1 aromatic carbocycles. The van der Waals surface area contributed by atoms with Crippen LogP contribution in [0.3, 0.4) is 0 Å². The first-order valence-electron chi connectivity index (χ1n) is 11.7. The third kappa shape index (κ3) is 6.09. The highest BCUT2D eigenvalue weighted by molar-refractivity contribution is 7.91. The summed E-state index contributed by atoms with van der Waals surface area (Å²) in [5, 5.41) is -0.309. The van der Waals surface area contributed by atoms with Gasteiger partial charge in [0.15, 0.2) is 9.84 Å². The van der Waals surface area contributed by atoms with Gasteiger partial charge < -0.3 is 4.90 Å². The van der Waals surface area contributed by atoms with Crippen molar-refractivity contribution in [1.29, 1.82) is 0 Å². The van der Waals surface area contributed by atoms with Gasteiger partial charge >= 0.3 is 0 Å². The third-order valence-corrected chi connectivity index (χ3v) is 9.41. The maximum absolute atomic E-state index is 12.8. The molecule has 0 unspecified atom stereocenters. The minimum atomic E-state index is -2.99. The first-order valence-corrected chi connectivity index (χ1v) is 13.4. The Morgan fingerprint density at radius 2 is 1.57 bits per heavy atom. The average molecular weight is 434 g/mol. The van der Waals surface area contributed by atoms with Crippen molar-refractivity contribution in [3.8, 4) is 0 Å². The van der Waals surface area contributed by atoms with E-state index in [0.717, 1.165) is 56.2 Å². The summed E-state index contributed by atoms with van der Waals surface area (Å²) in [5.41, 5.74) is 2.35. The molecule has 1 heterocycles. The van der Waals surface area contributed by atoms with Crippen LogP contribution in [0.2, 0.25) is 0 Å². The highest BCUT2D eigenvalue weighted by atomic mass is 32.2. The fourth-order valence-electron chi connectivity index (χ4n) is 5.22. The molecule has 3 rings (SSSR count). The molecule has 1 aromatic rings. The fraction of sp³-hybridized carbons (Fsp3) is 0.720. The smallest absolute Gasteiger partial charge is 0.152 e. The molecule has 2 fully saturated rings. The van der Waals surface area contributed by atoms with Gasteiger partial charge in [-0.25, -0.2) is 8.42 Å². The maximum atomic E-state index is 12.8. The van der Waals surface area contributed by atoms with Crippen molar-refractivity contribution in [3.05, 3.63) is 29.8 Å². The number of anilines is 1. The van der Waals surface area contributed by atoms with Crippen LogP contribution in [0.25, 0.3) is 0 Å². The normalized spacial score (nSPS) is 28.0. The summed E-state index contributed by atoms with van der Waals surface area (Å²) in [7, 11) is -2.99. The largest absolute Gasteiger partial charge is 0.371 e. The number of benzene rings is 1. The maximum Gasteiger partial charge on any atom is 0.152 e. The number of ketones is 1. The number of hydrogen-bond acceptors (Lipinski definition) is 4. The second-order valence-corrected chi connectivity index (χ2v) is 12.9. The minimum Gasteiger partial charge on any atom is -0.371 e. The molecule has 1 saturated carbocycles. The van der Waals surface area contributed by atoms with Gasteiger partial charge in [-0.2, -0.15) is 0 Å². The summed E-state index contributed by atoms with van der Waals surface area (Å²) in [6.07, 6.45) is 5.16. The Morgan fingerprint density at radius 3 is 2.10 bits per heavy atom. The summed E-state index contributed by atoms with van der Waals surface area (Å²) in [6, 6.07) is 8.55. The molecule has 30 heavy (non-hydrogen) atoms. The van der Waals surface area contributed by atoms with E-state index in [0.29, 0.717) is 12.2 Å². The third-order valence-electron chi connectivity index (χ3n) is 7.04. The SMILES string of the molecule is CC(C)S(=O)(=O)CC1CCC(C(=O)Cc2ccc(N3C[C@H](C)C[C@H](C)C3)cc2)CC1. The van der Waals surface area contributed by atoms with E-state index in [1.165, 1.54) is 12.1 Å². The van der Waals surface area contributed by atoms with E-state index in [4.69, 9.17) is 0 Å². The van der Waals surface area contributed by atoms with Gasteiger partial charge in [0.05, 0.1) is 11.0 Å². The first kappa shape index (κ1) is 23.3. The number of hydrogen-bond donors (Lipinski definition) is 0. The van der Waals surface area contributed by atoms with E-state index in [9.17, 15) is 13.2 Å². The zero-order chi connectivity index (χ0) is 21.9. The number of nitrogens with zero attached hydrogens (tertiary/aromatic N) is 1. The lowest BCUT2D eigenvalue weighted by Gasteiger charge is -2.36. The van der Waals surface area contributed by atoms with Crippen LogP contribution in [0.4, 0.5) is 5.69 Å². The molecule has 1 saturated heterocycles. The van der Waals surface area contributed by atoms with Crippen LogP contribution in [0.5, 0.6) is 0 Å². The Bertz CT molecular complexity index is 797. The lowest BCUT2D eigenvalue weighted by molar-refractivity contribution is -0.123. The summed E-state index contributed by atoms with van der Waals surface area (Å²) >= 11 is 0. The summed E-state index contributed by atoms with van der Waals surface area (Å²) < 4.78 is 24.3. The molecular formula is C25H39NO3S. The number of carbonyl (C=O) groups excluding carboxylic acids is 1. The van der Waals surface area contributed by atoms with Crippen molar-refractivity contribution in [3.63, 3.8) is 0 Å². The zero-order valence-electron chi connectivity index (χ0n) is 19.1. The minimum absolute atomic E-state index is 0.0893. The van der Waals surface area contributed by atoms with Gasteiger partial charge in [-0.1, -0.05) is 26.0 Å².